The zero-order chi connectivity index (χ0) is 16.9. The summed E-state index contributed by atoms with van der Waals surface area (Å²) in [5.74, 6) is 1.63. The molecule has 2 aliphatic heterocycles. The van der Waals surface area contributed by atoms with E-state index >= 15 is 0 Å². The highest BCUT2D eigenvalue weighted by atomic mass is 16.5. The summed E-state index contributed by atoms with van der Waals surface area (Å²) >= 11 is 0. The van der Waals surface area contributed by atoms with Gasteiger partial charge in [0.1, 0.15) is 0 Å². The second kappa shape index (κ2) is 8.04. The summed E-state index contributed by atoms with van der Waals surface area (Å²) in [7, 11) is 2.08. The molecule has 1 aromatic heterocycles. The van der Waals surface area contributed by atoms with Gasteiger partial charge in [-0.15, -0.1) is 0 Å². The van der Waals surface area contributed by atoms with E-state index in [1.807, 2.05) is 11.8 Å². The van der Waals surface area contributed by atoms with Crippen molar-refractivity contribution in [2.75, 3.05) is 53.0 Å². The molecule has 1 amide bonds. The largest absolute Gasteiger partial charge is 0.378 e. The summed E-state index contributed by atoms with van der Waals surface area (Å²) in [6.07, 6.45) is 1.82. The van der Waals surface area contributed by atoms with E-state index in [1.54, 1.807) is 0 Å². The molecule has 0 spiro atoms. The van der Waals surface area contributed by atoms with Gasteiger partial charge >= 0.3 is 0 Å². The Labute approximate surface area is 142 Å². The van der Waals surface area contributed by atoms with Gasteiger partial charge in [-0.1, -0.05) is 12.1 Å². The number of amides is 1. The molecular weight excluding hydrogens is 310 g/mol. The molecule has 0 saturated carbocycles. The molecule has 3 heterocycles. The highest BCUT2D eigenvalue weighted by Gasteiger charge is 2.29. The number of nitrogens with zero attached hydrogens (tertiary/aromatic N) is 5. The minimum Gasteiger partial charge on any atom is -0.378 e. The average molecular weight is 337 g/mol. The first-order valence-corrected chi connectivity index (χ1v) is 8.75. The Balaban J connectivity index is 1.44. The fraction of sp³-hybridized carbons (Fsp3) is 0.812. The van der Waals surface area contributed by atoms with Crippen LogP contribution < -0.4 is 0 Å². The maximum Gasteiger partial charge on any atom is 0.236 e. The molecule has 8 heteroatoms. The molecule has 8 nitrogen and oxygen atoms in total. The number of ether oxygens (including phenoxy) is 1. The highest BCUT2D eigenvalue weighted by molar-refractivity contribution is 5.78. The van der Waals surface area contributed by atoms with Crippen LogP contribution in [0.2, 0.25) is 0 Å². The first kappa shape index (κ1) is 17.3. The SMILES string of the molecule is CCc1nc(CN(C)[C@@H]2CCN(CC(=O)N3CCOCC3)C2)no1. The zero-order valence-corrected chi connectivity index (χ0v) is 14.6. The van der Waals surface area contributed by atoms with Crippen molar-refractivity contribution < 1.29 is 14.1 Å². The molecule has 0 aliphatic carbocycles. The Morgan fingerprint density at radius 1 is 1.33 bits per heavy atom. The van der Waals surface area contributed by atoms with Gasteiger partial charge in [-0.05, 0) is 13.5 Å². The third-order valence-electron chi connectivity index (χ3n) is 4.80. The first-order chi connectivity index (χ1) is 11.7. The summed E-state index contributed by atoms with van der Waals surface area (Å²) in [5, 5.41) is 4.01. The number of rotatable bonds is 6. The van der Waals surface area contributed by atoms with Crippen LogP contribution in [-0.4, -0.2) is 89.8 Å². The van der Waals surface area contributed by atoms with E-state index in [1.165, 1.54) is 0 Å². The van der Waals surface area contributed by atoms with Crippen LogP contribution in [0, 0.1) is 0 Å². The molecule has 2 aliphatic rings. The fourth-order valence-corrected chi connectivity index (χ4v) is 3.27. The summed E-state index contributed by atoms with van der Waals surface area (Å²) in [4.78, 5) is 23.1. The number of aromatic nitrogens is 2. The average Bonchev–Trinajstić information content (AvgIpc) is 3.25. The van der Waals surface area contributed by atoms with Gasteiger partial charge in [0, 0.05) is 38.6 Å². The number of carbonyl (C=O) groups is 1. The van der Waals surface area contributed by atoms with Crippen LogP contribution in [0.1, 0.15) is 25.1 Å². The Hall–Kier alpha value is -1.51. The standard InChI is InChI=1S/C16H27N5O3/c1-3-15-17-14(18-24-15)11-19(2)13-4-5-20(10-13)12-16(22)21-6-8-23-9-7-21/h13H,3-12H2,1-2H3/t13-/m1/s1. The molecular formula is C16H27N5O3. The first-order valence-electron chi connectivity index (χ1n) is 8.75. The van der Waals surface area contributed by atoms with Crippen LogP contribution in [0.3, 0.4) is 0 Å². The summed E-state index contributed by atoms with van der Waals surface area (Å²) in [5.41, 5.74) is 0. The molecule has 24 heavy (non-hydrogen) atoms. The summed E-state index contributed by atoms with van der Waals surface area (Å²) in [6, 6.07) is 0.422. The van der Waals surface area contributed by atoms with Crippen molar-refractivity contribution in [1.29, 1.82) is 0 Å². The monoisotopic (exact) mass is 337 g/mol. The van der Waals surface area contributed by atoms with Crippen molar-refractivity contribution in [3.63, 3.8) is 0 Å². The molecule has 1 atom stereocenters. The van der Waals surface area contributed by atoms with Crippen LogP contribution in [0.25, 0.3) is 0 Å². The maximum absolute atomic E-state index is 12.3. The minimum atomic E-state index is 0.215. The summed E-state index contributed by atoms with van der Waals surface area (Å²) < 4.78 is 10.5. The van der Waals surface area contributed by atoms with Gasteiger partial charge in [0.15, 0.2) is 5.82 Å². The van der Waals surface area contributed by atoms with Gasteiger partial charge < -0.3 is 14.2 Å². The minimum absolute atomic E-state index is 0.215. The Morgan fingerprint density at radius 2 is 2.12 bits per heavy atom. The number of hydrogen-bond donors (Lipinski definition) is 0. The molecule has 1 aromatic rings. The molecule has 0 unspecified atom stereocenters. The second-order valence-corrected chi connectivity index (χ2v) is 6.54. The van der Waals surface area contributed by atoms with Gasteiger partial charge in [-0.2, -0.15) is 4.98 Å². The lowest BCUT2D eigenvalue weighted by molar-refractivity contribution is -0.136. The molecule has 0 bridgehead atoms. The number of carbonyl (C=O) groups excluding carboxylic acids is 1. The van der Waals surface area contributed by atoms with Crippen molar-refractivity contribution in [1.82, 2.24) is 24.8 Å². The molecule has 2 saturated heterocycles. The number of aryl methyl sites for hydroxylation is 1. The van der Waals surface area contributed by atoms with Crippen molar-refractivity contribution in [3.8, 4) is 0 Å². The predicted molar refractivity (Wildman–Crippen MR) is 87.4 cm³/mol. The van der Waals surface area contributed by atoms with Crippen LogP contribution in [0.5, 0.6) is 0 Å². The maximum atomic E-state index is 12.3. The van der Waals surface area contributed by atoms with Crippen LogP contribution in [0.4, 0.5) is 0 Å². The van der Waals surface area contributed by atoms with E-state index in [0.29, 0.717) is 51.3 Å². The lowest BCUT2D eigenvalue weighted by Crippen LogP contribution is -2.45. The van der Waals surface area contributed by atoms with Crippen molar-refractivity contribution in [2.45, 2.75) is 32.4 Å². The third-order valence-corrected chi connectivity index (χ3v) is 4.80. The Bertz CT molecular complexity index is 544. The molecule has 134 valence electrons. The summed E-state index contributed by atoms with van der Waals surface area (Å²) in [6.45, 7) is 7.79. The van der Waals surface area contributed by atoms with Gasteiger partial charge in [-0.25, -0.2) is 0 Å². The van der Waals surface area contributed by atoms with E-state index < -0.39 is 0 Å². The van der Waals surface area contributed by atoms with Crippen LogP contribution in [-0.2, 0) is 22.5 Å². The van der Waals surface area contributed by atoms with Crippen molar-refractivity contribution in [3.05, 3.63) is 11.7 Å². The van der Waals surface area contributed by atoms with Gasteiger partial charge in [0.25, 0.3) is 0 Å². The van der Waals surface area contributed by atoms with Gasteiger partial charge in [0.05, 0.1) is 26.3 Å². The molecule has 0 aromatic carbocycles. The van der Waals surface area contributed by atoms with Crippen LogP contribution >= 0.6 is 0 Å². The molecule has 2 fully saturated rings. The smallest absolute Gasteiger partial charge is 0.236 e. The Kier molecular flexibility index (Phi) is 5.80. The molecule has 0 radical (unpaired) electrons. The normalized spacial score (nSPS) is 22.5. The lowest BCUT2D eigenvalue weighted by Gasteiger charge is -2.29. The highest BCUT2D eigenvalue weighted by Crippen LogP contribution is 2.16. The van der Waals surface area contributed by atoms with E-state index in [2.05, 4.69) is 27.0 Å². The number of likely N-dealkylation sites (tertiary alicyclic amines) is 1. The van der Waals surface area contributed by atoms with Crippen molar-refractivity contribution in [2.24, 2.45) is 0 Å². The van der Waals surface area contributed by atoms with Gasteiger partial charge in [0.2, 0.25) is 11.8 Å². The van der Waals surface area contributed by atoms with Crippen LogP contribution in [0.15, 0.2) is 4.52 Å². The molecule has 3 rings (SSSR count). The van der Waals surface area contributed by atoms with E-state index in [0.717, 1.165) is 31.8 Å². The number of hydrogen-bond acceptors (Lipinski definition) is 7. The topological polar surface area (TPSA) is 74.9 Å². The number of morpholine rings is 1. The molecule has 0 N–H and O–H groups in total. The number of likely N-dealkylation sites (N-methyl/N-ethyl adjacent to an activating group) is 1. The van der Waals surface area contributed by atoms with E-state index in [-0.39, 0.29) is 5.91 Å². The zero-order valence-electron chi connectivity index (χ0n) is 14.6. The van der Waals surface area contributed by atoms with E-state index in [9.17, 15) is 4.79 Å². The van der Waals surface area contributed by atoms with E-state index in [4.69, 9.17) is 9.26 Å². The second-order valence-electron chi connectivity index (χ2n) is 6.54. The quantitative estimate of drug-likeness (QED) is 0.723. The predicted octanol–water partition coefficient (Wildman–Crippen LogP) is -0.00310. The van der Waals surface area contributed by atoms with Gasteiger partial charge in [-0.3, -0.25) is 14.6 Å². The fourth-order valence-electron chi connectivity index (χ4n) is 3.27. The third kappa shape index (κ3) is 4.31. The van der Waals surface area contributed by atoms with Crippen molar-refractivity contribution >= 4 is 5.91 Å². The lowest BCUT2D eigenvalue weighted by atomic mass is 10.2. The Morgan fingerprint density at radius 3 is 2.83 bits per heavy atom.